The van der Waals surface area contributed by atoms with Gasteiger partial charge in [0.2, 0.25) is 0 Å². The third-order valence-electron chi connectivity index (χ3n) is 3.97. The van der Waals surface area contributed by atoms with Gasteiger partial charge in [-0.25, -0.2) is 0 Å². The van der Waals surface area contributed by atoms with E-state index in [-0.39, 0.29) is 0 Å². The third-order valence-corrected chi connectivity index (χ3v) is 3.97. The molecule has 0 aliphatic carbocycles. The molecule has 0 amide bonds. The molecule has 0 fully saturated rings. The van der Waals surface area contributed by atoms with Crippen molar-refractivity contribution in [1.29, 1.82) is 0 Å². The van der Waals surface area contributed by atoms with Crippen molar-refractivity contribution in [3.05, 3.63) is 0 Å². The van der Waals surface area contributed by atoms with E-state index in [2.05, 4.69) is 0 Å². The molecule has 0 atom stereocenters. The molecular formula is CH3B37. The molecule has 0 saturated heterocycles. The van der Waals surface area contributed by atoms with Crippen LogP contribution >= 0.6 is 0 Å². The Hall–Kier alpha value is 2.40. The van der Waals surface area contributed by atoms with Gasteiger partial charge in [0.25, 0.3) is 0 Å². The Morgan fingerprint density at radius 3 is 0.474 bits per heavy atom. The van der Waals surface area contributed by atoms with Crippen LogP contribution < -0.4 is 0 Å². The zero-order valence-electron chi connectivity index (χ0n) is 22.4. The molecule has 0 N–H and O–H groups in total. The second-order valence-electron chi connectivity index (χ2n) is 7.07. The Morgan fingerprint density at radius 1 is 0.211 bits per heavy atom. The molecular weight excluding hydrogens is 412 g/mol. The topological polar surface area (TPSA) is 0 Å². The summed E-state index contributed by atoms with van der Waals surface area (Å²) in [7, 11) is 5.24. The van der Waals surface area contributed by atoms with E-state index in [4.69, 9.17) is 7.74 Å². The van der Waals surface area contributed by atoms with Gasteiger partial charge in [-0.15, -0.1) is 0 Å². The molecule has 0 heterocycles. The predicted octanol–water partition coefficient (Wildman–Crippen LogP) is -13.5. The Balaban J connectivity index is 4.01. The Bertz CT molecular complexity index is 1010. The van der Waals surface area contributed by atoms with E-state index in [9.17, 15) is 0 Å². The molecule has 0 aromatic carbocycles. The van der Waals surface area contributed by atoms with E-state index in [0.717, 1.165) is 0 Å². The molecule has 0 spiro atoms. The van der Waals surface area contributed by atoms with Crippen molar-refractivity contribution >= 4 is 249 Å². The summed E-state index contributed by atoms with van der Waals surface area (Å²) in [5.41, 5.74) is 0. The average molecular weight is 415 g/mol. The molecule has 0 aliphatic heterocycles. The van der Waals surface area contributed by atoms with Crippen LogP contribution in [0.5, 0.6) is 0 Å². The van der Waals surface area contributed by atoms with Gasteiger partial charge < -0.3 is 0 Å². The minimum atomic E-state index is 1.50. The first-order valence-electron chi connectivity index (χ1n) is 12.6. The van der Waals surface area contributed by atoms with Crippen LogP contribution in [0.25, 0.3) is 0 Å². The van der Waals surface area contributed by atoms with Crippen LogP contribution in [-0.2, 0) is 0 Å². The molecule has 0 unspecified atom stereocenters. The minimum absolute atomic E-state index is 1.50. The summed E-state index contributed by atoms with van der Waals surface area (Å²) in [5.74, 6) is 0. The Labute approximate surface area is 254 Å². The summed E-state index contributed by atoms with van der Waals surface area (Å²) in [4.78, 5) is 0. The van der Waals surface area contributed by atoms with Crippen molar-refractivity contribution in [1.82, 2.24) is 0 Å². The molecule has 0 aromatic rings. The first-order chi connectivity index (χ1) is 18.9. The van der Waals surface area contributed by atoms with Crippen molar-refractivity contribution in [2.24, 2.45) is 0 Å². The van der Waals surface area contributed by atoms with Crippen molar-refractivity contribution in [3.8, 4) is 0 Å². The predicted molar refractivity (Wildman–Crippen MR) is 219 cm³/mol. The summed E-state index contributed by atoms with van der Waals surface area (Å²) in [6.07, 6.45) is 0. The first-order valence-corrected chi connectivity index (χ1v) is 12.6. The van der Waals surface area contributed by atoms with Gasteiger partial charge in [-0.1, -0.05) is 0 Å². The fourth-order valence-electron chi connectivity index (χ4n) is 2.23. The van der Waals surface area contributed by atoms with E-state index in [1.807, 2.05) is 234 Å². The van der Waals surface area contributed by atoms with Crippen LogP contribution in [0, 0.1) is 0 Å². The second kappa shape index (κ2) is 39.4. The monoisotopic (exact) mass is 422 g/mol. The van der Waals surface area contributed by atoms with Crippen LogP contribution in [0.15, 0.2) is 0 Å². The fourth-order valence-corrected chi connectivity index (χ4v) is 2.23. The van der Waals surface area contributed by atoms with Gasteiger partial charge in [-0.3, -0.25) is 0 Å². The molecule has 0 nitrogen and oxygen atoms in total. The van der Waals surface area contributed by atoms with Gasteiger partial charge in [0.1, 0.15) is 0 Å². The molecule has 37 heteroatoms. The Morgan fingerprint density at radius 2 is 0.342 bits per heavy atom. The van der Waals surface area contributed by atoms with E-state index < -0.39 is 0 Å². The summed E-state index contributed by atoms with van der Waals surface area (Å²) in [6, 6.07) is 0. The molecule has 0 bridgehead atoms. The normalized spacial score (nSPS) is 7.71. The van der Waals surface area contributed by atoms with Gasteiger partial charge in [0.05, 0.1) is 0 Å². The zero-order valence-corrected chi connectivity index (χ0v) is 22.4. The molecule has 2 radical (unpaired) electrons. The van der Waals surface area contributed by atoms with Crippen molar-refractivity contribution < 1.29 is 0 Å². The van der Waals surface area contributed by atoms with E-state index in [1.54, 1.807) is 6.69 Å². The van der Waals surface area contributed by atoms with Crippen LogP contribution in [0.2, 0.25) is 6.82 Å². The quantitative estimate of drug-likeness (QED) is 0.207. The van der Waals surface area contributed by atoms with Gasteiger partial charge in [-0.2, -0.15) is 0 Å². The molecule has 0 aromatic heterocycles. The summed E-state index contributed by atoms with van der Waals surface area (Å²) < 4.78 is 0. The fraction of sp³-hybridized carbons (Fsp3) is 1.00. The SMILES string of the molecule is [B]B=BB=BB=BB=BB=BB=BB=BB=BB=BB=BB=BB=BB=BB=BB=BB=BB=BB=BC. The van der Waals surface area contributed by atoms with E-state index in [0.29, 0.717) is 0 Å². The standard InChI is InChI=1S/CH3B37/c1-3-5-7-9-11-13-15-17-19-21-23-25-27-29-31-33-35-37-38-36-34-32-30-28-26-24-22-20-18-16-14-12-10-8-6-4-2/h1H3. The number of hydrogen-bond acceptors (Lipinski definition) is 0. The van der Waals surface area contributed by atoms with E-state index >= 15 is 0 Å². The van der Waals surface area contributed by atoms with Crippen LogP contribution in [0.4, 0.5) is 0 Å². The summed E-state index contributed by atoms with van der Waals surface area (Å²) >= 11 is 0. The van der Waals surface area contributed by atoms with Gasteiger partial charge >= 0.3 is 256 Å². The summed E-state index contributed by atoms with van der Waals surface area (Å²) in [5, 5.41) is 0. The second-order valence-corrected chi connectivity index (χ2v) is 7.07. The molecule has 0 aliphatic rings. The van der Waals surface area contributed by atoms with E-state index in [1.165, 1.54) is 6.69 Å². The zero-order chi connectivity index (χ0) is 27.5. The molecule has 38 heavy (non-hydrogen) atoms. The number of rotatable bonds is 17. The number of hydrogen-bond donors (Lipinski definition) is 0. The molecule has 0 saturated carbocycles. The van der Waals surface area contributed by atoms with Crippen LogP contribution in [0.3, 0.4) is 0 Å². The van der Waals surface area contributed by atoms with Gasteiger partial charge in [-0.05, 0) is 0 Å². The average Bonchev–Trinajstić information content (AvgIpc) is 2.93. The van der Waals surface area contributed by atoms with Gasteiger partial charge in [0.15, 0.2) is 0 Å². The van der Waals surface area contributed by atoms with Crippen molar-refractivity contribution in [2.45, 2.75) is 6.82 Å². The Kier molecular flexibility index (Phi) is 41.9. The third kappa shape index (κ3) is 38.4. The maximum absolute atomic E-state index is 5.24. The van der Waals surface area contributed by atoms with Crippen LogP contribution in [-0.4, -0.2) is 249 Å². The van der Waals surface area contributed by atoms with Gasteiger partial charge in [0, 0.05) is 0 Å². The molecule has 0 rings (SSSR count). The first kappa shape index (κ1) is 40.4. The van der Waals surface area contributed by atoms with Crippen LogP contribution in [0.1, 0.15) is 0 Å². The summed E-state index contributed by atoms with van der Waals surface area (Å²) in [6.45, 7) is 72.8. The molecule has 118 valence electrons. The van der Waals surface area contributed by atoms with Crippen molar-refractivity contribution in [3.63, 3.8) is 0 Å². The maximum atomic E-state index is 5.24. The van der Waals surface area contributed by atoms with Crippen molar-refractivity contribution in [2.75, 3.05) is 0 Å².